The van der Waals surface area contributed by atoms with Crippen molar-refractivity contribution in [1.82, 2.24) is 4.90 Å². The van der Waals surface area contributed by atoms with Crippen LogP contribution in [-0.2, 0) is 14.3 Å². The number of amides is 2. The van der Waals surface area contributed by atoms with E-state index in [9.17, 15) is 14.4 Å². The second-order valence-corrected chi connectivity index (χ2v) is 5.21. The fourth-order valence-corrected chi connectivity index (χ4v) is 1.78. The lowest BCUT2D eigenvalue weighted by molar-refractivity contribution is -0.138. The molecular formula is C12H19NO4. The lowest BCUT2D eigenvalue weighted by Gasteiger charge is -2.31. The first-order valence-electron chi connectivity index (χ1n) is 5.83. The summed E-state index contributed by atoms with van der Waals surface area (Å²) in [6.07, 6.45) is 1.68. The van der Waals surface area contributed by atoms with E-state index in [1.165, 1.54) is 0 Å². The van der Waals surface area contributed by atoms with Gasteiger partial charge in [-0.15, -0.1) is 0 Å². The van der Waals surface area contributed by atoms with E-state index in [2.05, 4.69) is 0 Å². The summed E-state index contributed by atoms with van der Waals surface area (Å²) in [5, 5.41) is 0. The Kier molecular flexibility index (Phi) is 4.26. The topological polar surface area (TPSA) is 63.7 Å². The first-order valence-corrected chi connectivity index (χ1v) is 5.83. The lowest BCUT2D eigenvalue weighted by atomic mass is 9.95. The van der Waals surface area contributed by atoms with Crippen LogP contribution in [0.25, 0.3) is 0 Å². The molecule has 1 unspecified atom stereocenters. The van der Waals surface area contributed by atoms with Crippen molar-refractivity contribution in [3.63, 3.8) is 0 Å². The quantitative estimate of drug-likeness (QED) is 0.691. The van der Waals surface area contributed by atoms with Gasteiger partial charge >= 0.3 is 6.09 Å². The summed E-state index contributed by atoms with van der Waals surface area (Å²) in [7, 11) is 0. The van der Waals surface area contributed by atoms with E-state index in [0.717, 1.165) is 17.6 Å². The highest BCUT2D eigenvalue weighted by Crippen LogP contribution is 2.22. The Morgan fingerprint density at radius 1 is 1.53 bits per heavy atom. The van der Waals surface area contributed by atoms with Crippen LogP contribution in [0.3, 0.4) is 0 Å². The van der Waals surface area contributed by atoms with Crippen LogP contribution in [0, 0.1) is 5.92 Å². The van der Waals surface area contributed by atoms with Gasteiger partial charge in [0.25, 0.3) is 0 Å². The van der Waals surface area contributed by atoms with Crippen molar-refractivity contribution in [3.8, 4) is 0 Å². The number of carbonyl (C=O) groups excluding carboxylic acids is 3. The van der Waals surface area contributed by atoms with Crippen molar-refractivity contribution >= 4 is 18.3 Å². The molecule has 1 aliphatic heterocycles. The highest BCUT2D eigenvalue weighted by Gasteiger charge is 2.34. The van der Waals surface area contributed by atoms with Crippen molar-refractivity contribution in [3.05, 3.63) is 0 Å². The molecule has 0 aliphatic carbocycles. The minimum absolute atomic E-state index is 0.179. The maximum Gasteiger partial charge on any atom is 0.417 e. The number of carbonyl (C=O) groups is 3. The van der Waals surface area contributed by atoms with Crippen molar-refractivity contribution < 1.29 is 19.1 Å². The van der Waals surface area contributed by atoms with Crippen LogP contribution in [0.15, 0.2) is 0 Å². The van der Waals surface area contributed by atoms with E-state index in [0.29, 0.717) is 13.0 Å². The van der Waals surface area contributed by atoms with E-state index >= 15 is 0 Å². The van der Waals surface area contributed by atoms with Crippen molar-refractivity contribution in [2.24, 2.45) is 5.92 Å². The van der Waals surface area contributed by atoms with Crippen molar-refractivity contribution in [1.29, 1.82) is 0 Å². The Hall–Kier alpha value is -1.39. The lowest BCUT2D eigenvalue weighted by Crippen LogP contribution is -2.47. The number of piperidine rings is 1. The number of imide groups is 1. The predicted octanol–water partition coefficient (Wildman–Crippen LogP) is 1.75. The number of rotatable bonds is 2. The Bertz CT molecular complexity index is 319. The monoisotopic (exact) mass is 241 g/mol. The molecule has 1 heterocycles. The summed E-state index contributed by atoms with van der Waals surface area (Å²) >= 11 is 0. The molecule has 0 bridgehead atoms. The van der Waals surface area contributed by atoms with Crippen LogP contribution in [0.4, 0.5) is 4.79 Å². The largest absolute Gasteiger partial charge is 0.443 e. The van der Waals surface area contributed by atoms with Gasteiger partial charge in [0.15, 0.2) is 0 Å². The van der Waals surface area contributed by atoms with E-state index in [1.807, 2.05) is 0 Å². The molecule has 0 N–H and O–H groups in total. The standard InChI is InChI=1S/C12H19NO4/c1-12(2,3)17-11(16)13-7-4-5-9(6-8-14)10(13)15/h8-9H,4-7H2,1-3H3. The smallest absolute Gasteiger partial charge is 0.417 e. The average molecular weight is 241 g/mol. The van der Waals surface area contributed by atoms with Gasteiger partial charge in [-0.1, -0.05) is 0 Å². The Balaban J connectivity index is 2.67. The summed E-state index contributed by atoms with van der Waals surface area (Å²) in [6, 6.07) is 0. The second kappa shape index (κ2) is 5.29. The zero-order valence-corrected chi connectivity index (χ0v) is 10.6. The van der Waals surface area contributed by atoms with E-state index in [4.69, 9.17) is 4.74 Å². The number of hydrogen-bond donors (Lipinski definition) is 0. The van der Waals surface area contributed by atoms with Crippen LogP contribution in [0.2, 0.25) is 0 Å². The fourth-order valence-electron chi connectivity index (χ4n) is 1.78. The van der Waals surface area contributed by atoms with Gasteiger partial charge < -0.3 is 9.53 Å². The van der Waals surface area contributed by atoms with Gasteiger partial charge in [-0.2, -0.15) is 0 Å². The molecule has 1 rings (SSSR count). The number of aldehydes is 1. The van der Waals surface area contributed by atoms with Crippen LogP contribution < -0.4 is 0 Å². The Morgan fingerprint density at radius 2 is 2.18 bits per heavy atom. The maximum absolute atomic E-state index is 11.9. The molecule has 1 fully saturated rings. The highest BCUT2D eigenvalue weighted by atomic mass is 16.6. The van der Waals surface area contributed by atoms with Crippen LogP contribution in [0.1, 0.15) is 40.0 Å². The van der Waals surface area contributed by atoms with Crippen molar-refractivity contribution in [2.45, 2.75) is 45.6 Å². The maximum atomic E-state index is 11.9. The third-order valence-corrected chi connectivity index (χ3v) is 2.54. The first kappa shape index (κ1) is 13.7. The number of hydrogen-bond acceptors (Lipinski definition) is 4. The van der Waals surface area contributed by atoms with E-state index in [-0.39, 0.29) is 18.2 Å². The molecule has 96 valence electrons. The van der Waals surface area contributed by atoms with Gasteiger partial charge in [-0.25, -0.2) is 9.69 Å². The Labute approximate surface area is 101 Å². The minimum atomic E-state index is -0.616. The van der Waals surface area contributed by atoms with Gasteiger partial charge in [-0.05, 0) is 33.6 Å². The molecule has 0 radical (unpaired) electrons. The molecule has 0 aromatic heterocycles. The zero-order valence-electron chi connectivity index (χ0n) is 10.6. The molecule has 1 atom stereocenters. The molecule has 0 spiro atoms. The van der Waals surface area contributed by atoms with Crippen LogP contribution >= 0.6 is 0 Å². The first-order chi connectivity index (χ1) is 7.85. The molecule has 5 heteroatoms. The summed E-state index contributed by atoms with van der Waals surface area (Å²) in [5.74, 6) is -0.661. The third-order valence-electron chi connectivity index (χ3n) is 2.54. The number of nitrogens with zero attached hydrogens (tertiary/aromatic N) is 1. The summed E-state index contributed by atoms with van der Waals surface area (Å²) in [6.45, 7) is 5.63. The third kappa shape index (κ3) is 3.84. The Morgan fingerprint density at radius 3 is 2.71 bits per heavy atom. The van der Waals surface area contributed by atoms with E-state index < -0.39 is 11.7 Å². The molecule has 17 heavy (non-hydrogen) atoms. The zero-order chi connectivity index (χ0) is 13.1. The average Bonchev–Trinajstić information content (AvgIpc) is 2.18. The minimum Gasteiger partial charge on any atom is -0.443 e. The summed E-state index contributed by atoms with van der Waals surface area (Å²) in [5.41, 5.74) is -0.616. The fraction of sp³-hybridized carbons (Fsp3) is 0.750. The van der Waals surface area contributed by atoms with E-state index in [1.54, 1.807) is 20.8 Å². The van der Waals surface area contributed by atoms with Gasteiger partial charge in [0.2, 0.25) is 5.91 Å². The van der Waals surface area contributed by atoms with Crippen LogP contribution in [-0.4, -0.2) is 35.3 Å². The van der Waals surface area contributed by atoms with Gasteiger partial charge in [0, 0.05) is 18.9 Å². The van der Waals surface area contributed by atoms with Gasteiger partial charge in [0.05, 0.1) is 0 Å². The summed E-state index contributed by atoms with van der Waals surface area (Å²) in [4.78, 5) is 35.2. The van der Waals surface area contributed by atoms with Gasteiger partial charge in [-0.3, -0.25) is 4.79 Å². The molecule has 0 saturated carbocycles. The highest BCUT2D eigenvalue weighted by molar-refractivity contribution is 5.94. The predicted molar refractivity (Wildman–Crippen MR) is 61.4 cm³/mol. The SMILES string of the molecule is CC(C)(C)OC(=O)N1CCCC(CC=O)C1=O. The summed E-state index contributed by atoms with van der Waals surface area (Å²) < 4.78 is 5.15. The molecule has 0 aromatic carbocycles. The molecule has 1 aliphatic rings. The van der Waals surface area contributed by atoms with Crippen LogP contribution in [0.5, 0.6) is 0 Å². The van der Waals surface area contributed by atoms with Crippen molar-refractivity contribution in [2.75, 3.05) is 6.54 Å². The molecular weight excluding hydrogens is 222 g/mol. The number of likely N-dealkylation sites (tertiary alicyclic amines) is 1. The molecule has 2 amide bonds. The second-order valence-electron chi connectivity index (χ2n) is 5.21. The normalized spacial score (nSPS) is 21.2. The number of ether oxygens (including phenoxy) is 1. The molecule has 0 aromatic rings. The molecule has 1 saturated heterocycles. The van der Waals surface area contributed by atoms with Gasteiger partial charge in [0.1, 0.15) is 11.9 Å². The molecule has 5 nitrogen and oxygen atoms in total.